The third-order valence-electron chi connectivity index (χ3n) is 3.30. The number of nitrogens with zero attached hydrogens (tertiary/aromatic N) is 1. The summed E-state index contributed by atoms with van der Waals surface area (Å²) in [7, 11) is -2.03. The number of carbonyl (C=O) groups is 1. The van der Waals surface area contributed by atoms with Gasteiger partial charge < -0.3 is 5.32 Å². The van der Waals surface area contributed by atoms with E-state index in [1.165, 1.54) is 26.2 Å². The van der Waals surface area contributed by atoms with E-state index in [2.05, 4.69) is 5.32 Å². The predicted molar refractivity (Wildman–Crippen MR) is 91.9 cm³/mol. The number of carbonyl (C=O) groups excluding carboxylic acids is 1. The van der Waals surface area contributed by atoms with E-state index >= 15 is 0 Å². The van der Waals surface area contributed by atoms with Crippen molar-refractivity contribution in [3.8, 4) is 0 Å². The van der Waals surface area contributed by atoms with Gasteiger partial charge in [-0.05, 0) is 31.0 Å². The minimum atomic E-state index is -3.53. The lowest BCUT2D eigenvalue weighted by molar-refractivity contribution is -0.120. The van der Waals surface area contributed by atoms with Gasteiger partial charge in [0.2, 0.25) is 15.9 Å². The van der Waals surface area contributed by atoms with Gasteiger partial charge in [-0.2, -0.15) is 0 Å². The van der Waals surface area contributed by atoms with Gasteiger partial charge in [0, 0.05) is 37.2 Å². The van der Waals surface area contributed by atoms with Crippen LogP contribution in [0.25, 0.3) is 0 Å². The third kappa shape index (κ3) is 5.40. The lowest BCUT2D eigenvalue weighted by Crippen LogP contribution is -2.36. The van der Waals surface area contributed by atoms with Gasteiger partial charge in [-0.3, -0.25) is 9.00 Å². The van der Waals surface area contributed by atoms with E-state index in [0.717, 1.165) is 10.7 Å². The molecular weight excluding hydrogens is 336 g/mol. The van der Waals surface area contributed by atoms with Crippen LogP contribution in [0.2, 0.25) is 0 Å². The molecule has 0 bridgehead atoms. The van der Waals surface area contributed by atoms with Crippen LogP contribution < -0.4 is 5.32 Å². The lowest BCUT2D eigenvalue weighted by atomic mass is 10.2. The van der Waals surface area contributed by atoms with Crippen LogP contribution in [0.4, 0.5) is 0 Å². The van der Waals surface area contributed by atoms with Crippen LogP contribution >= 0.6 is 0 Å². The maximum absolute atomic E-state index is 12.3. The third-order valence-corrected chi connectivity index (χ3v) is 6.73. The Balaban J connectivity index is 2.86. The molecule has 0 aliphatic rings. The van der Waals surface area contributed by atoms with E-state index in [1.807, 2.05) is 6.92 Å². The second kappa shape index (κ2) is 8.56. The number of benzene rings is 1. The smallest absolute Gasteiger partial charge is 0.242 e. The van der Waals surface area contributed by atoms with Crippen LogP contribution in [-0.4, -0.2) is 48.7 Å². The summed E-state index contributed by atoms with van der Waals surface area (Å²) in [6.45, 7) is 4.11. The highest BCUT2D eigenvalue weighted by Gasteiger charge is 2.21. The molecule has 0 aliphatic carbocycles. The molecule has 0 aliphatic heterocycles. The molecule has 1 amide bonds. The summed E-state index contributed by atoms with van der Waals surface area (Å²) in [5.74, 6) is -0.112. The highest BCUT2D eigenvalue weighted by molar-refractivity contribution is 7.89. The zero-order valence-corrected chi connectivity index (χ0v) is 15.5. The van der Waals surface area contributed by atoms with Crippen molar-refractivity contribution >= 4 is 26.7 Å². The number of amides is 1. The standard InChI is InChI=1S/C15H24N2O4S2/c1-5-9-16-15(18)12(2)22(19)11-13-7-6-8-14(10-13)23(20,21)17(3)4/h6-8,10,12H,5,9,11H2,1-4H3,(H,16,18)/t12-,22+/m1/s1. The van der Waals surface area contributed by atoms with E-state index in [4.69, 9.17) is 0 Å². The van der Waals surface area contributed by atoms with Crippen molar-refractivity contribution < 1.29 is 17.4 Å². The van der Waals surface area contributed by atoms with Crippen LogP contribution in [0, 0.1) is 0 Å². The first-order valence-corrected chi connectivity index (χ1v) is 10.2. The normalized spacial score (nSPS) is 14.5. The molecule has 2 atom stereocenters. The van der Waals surface area contributed by atoms with E-state index in [1.54, 1.807) is 19.1 Å². The Morgan fingerprint density at radius 2 is 2.00 bits per heavy atom. The number of nitrogens with one attached hydrogen (secondary N) is 1. The number of rotatable bonds is 8. The molecule has 1 N–H and O–H groups in total. The molecule has 0 fully saturated rings. The molecule has 6 nitrogen and oxygen atoms in total. The zero-order chi connectivity index (χ0) is 17.6. The molecule has 0 radical (unpaired) electrons. The average molecular weight is 361 g/mol. The van der Waals surface area contributed by atoms with Crippen molar-refractivity contribution in [2.45, 2.75) is 36.2 Å². The fourth-order valence-electron chi connectivity index (χ4n) is 1.81. The maximum Gasteiger partial charge on any atom is 0.242 e. The maximum atomic E-state index is 12.3. The van der Waals surface area contributed by atoms with Crippen molar-refractivity contribution in [1.29, 1.82) is 0 Å². The average Bonchev–Trinajstić information content (AvgIpc) is 2.51. The molecule has 1 aromatic rings. The highest BCUT2D eigenvalue weighted by Crippen LogP contribution is 2.16. The second-order valence-corrected chi connectivity index (χ2v) is 9.30. The van der Waals surface area contributed by atoms with E-state index in [9.17, 15) is 17.4 Å². The van der Waals surface area contributed by atoms with E-state index in [-0.39, 0.29) is 16.6 Å². The molecule has 23 heavy (non-hydrogen) atoms. The fourth-order valence-corrected chi connectivity index (χ4v) is 3.86. The molecule has 0 spiro atoms. The Hall–Kier alpha value is -1.25. The Morgan fingerprint density at radius 1 is 1.35 bits per heavy atom. The van der Waals surface area contributed by atoms with Crippen LogP contribution in [0.3, 0.4) is 0 Å². The molecule has 0 saturated heterocycles. The van der Waals surface area contributed by atoms with Crippen LogP contribution in [-0.2, 0) is 31.4 Å². The first kappa shape index (κ1) is 19.8. The molecule has 8 heteroatoms. The van der Waals surface area contributed by atoms with Gasteiger partial charge in [0.25, 0.3) is 0 Å². The lowest BCUT2D eigenvalue weighted by Gasteiger charge is -2.14. The van der Waals surface area contributed by atoms with Gasteiger partial charge in [0.05, 0.1) is 4.90 Å². The topological polar surface area (TPSA) is 83.5 Å². The molecule has 0 unspecified atom stereocenters. The zero-order valence-electron chi connectivity index (χ0n) is 13.9. The summed E-state index contributed by atoms with van der Waals surface area (Å²) in [5, 5.41) is 2.07. The molecule has 0 aromatic heterocycles. The number of hydrogen-bond acceptors (Lipinski definition) is 4. The van der Waals surface area contributed by atoms with Crippen LogP contribution in [0.1, 0.15) is 25.8 Å². The molecule has 130 valence electrons. The monoisotopic (exact) mass is 360 g/mol. The summed E-state index contributed by atoms with van der Waals surface area (Å²) in [6.07, 6.45) is 0.815. The van der Waals surface area contributed by atoms with Gasteiger partial charge in [0.1, 0.15) is 5.25 Å². The summed E-state index contributed by atoms with van der Waals surface area (Å²) in [5.41, 5.74) is 0.626. The summed E-state index contributed by atoms with van der Waals surface area (Å²) in [4.78, 5) is 12.0. The van der Waals surface area contributed by atoms with Crippen molar-refractivity contribution in [3.63, 3.8) is 0 Å². The van der Waals surface area contributed by atoms with Gasteiger partial charge in [-0.25, -0.2) is 12.7 Å². The molecule has 1 aromatic carbocycles. The first-order valence-electron chi connectivity index (χ1n) is 7.36. The Morgan fingerprint density at radius 3 is 2.57 bits per heavy atom. The van der Waals surface area contributed by atoms with Crippen molar-refractivity contribution in [1.82, 2.24) is 9.62 Å². The van der Waals surface area contributed by atoms with Crippen molar-refractivity contribution in [3.05, 3.63) is 29.8 Å². The summed E-state index contributed by atoms with van der Waals surface area (Å²) in [6, 6.07) is 6.33. The number of hydrogen-bond donors (Lipinski definition) is 1. The number of sulfonamides is 1. The van der Waals surface area contributed by atoms with Crippen molar-refractivity contribution in [2.24, 2.45) is 0 Å². The predicted octanol–water partition coefficient (Wildman–Crippen LogP) is 1.10. The quantitative estimate of drug-likeness (QED) is 0.752. The van der Waals surface area contributed by atoms with Crippen LogP contribution in [0.15, 0.2) is 29.2 Å². The van der Waals surface area contributed by atoms with Gasteiger partial charge in [-0.15, -0.1) is 0 Å². The van der Waals surface area contributed by atoms with Gasteiger partial charge in [0.15, 0.2) is 0 Å². The molecule has 0 saturated carbocycles. The largest absolute Gasteiger partial charge is 0.355 e. The SMILES string of the molecule is CCCNC(=O)[C@@H](C)[S@@](=O)Cc1cccc(S(=O)(=O)N(C)C)c1. The molecular formula is C15H24N2O4S2. The minimum absolute atomic E-state index is 0.136. The highest BCUT2D eigenvalue weighted by atomic mass is 32.2. The fraction of sp³-hybridized carbons (Fsp3) is 0.533. The van der Waals surface area contributed by atoms with E-state index < -0.39 is 26.1 Å². The summed E-state index contributed by atoms with van der Waals surface area (Å²) < 4.78 is 37.7. The van der Waals surface area contributed by atoms with Gasteiger partial charge in [-0.1, -0.05) is 19.1 Å². The van der Waals surface area contributed by atoms with Crippen molar-refractivity contribution in [2.75, 3.05) is 20.6 Å². The summed E-state index contributed by atoms with van der Waals surface area (Å²) >= 11 is 0. The van der Waals surface area contributed by atoms with Gasteiger partial charge >= 0.3 is 0 Å². The van der Waals surface area contributed by atoms with Crippen LogP contribution in [0.5, 0.6) is 0 Å². The minimum Gasteiger partial charge on any atom is -0.355 e. The Labute approximate surface area is 140 Å². The van der Waals surface area contributed by atoms with E-state index in [0.29, 0.717) is 12.1 Å². The molecule has 0 heterocycles. The Bertz CT molecular complexity index is 672. The molecule has 1 rings (SSSR count). The second-order valence-electron chi connectivity index (χ2n) is 5.39. The Kier molecular flexibility index (Phi) is 7.37. The first-order chi connectivity index (χ1) is 10.7.